The molecule has 30 heavy (non-hydrogen) atoms. The molecule has 158 valence electrons. The van der Waals surface area contributed by atoms with Crippen LogP contribution in [-0.4, -0.2) is 44.2 Å². The van der Waals surface area contributed by atoms with Crippen LogP contribution in [0.1, 0.15) is 27.2 Å². The van der Waals surface area contributed by atoms with Crippen molar-refractivity contribution in [1.29, 1.82) is 0 Å². The van der Waals surface area contributed by atoms with Crippen molar-refractivity contribution in [2.75, 3.05) is 13.1 Å². The van der Waals surface area contributed by atoms with Gasteiger partial charge in [-0.25, -0.2) is 9.78 Å². The van der Waals surface area contributed by atoms with E-state index in [9.17, 15) is 4.79 Å². The molecule has 1 aromatic carbocycles. The van der Waals surface area contributed by atoms with E-state index in [2.05, 4.69) is 14.5 Å². The maximum atomic E-state index is 12.4. The molecule has 1 aliphatic rings. The van der Waals surface area contributed by atoms with E-state index in [-0.39, 0.29) is 17.3 Å². The van der Waals surface area contributed by atoms with Crippen LogP contribution in [-0.2, 0) is 11.3 Å². The number of likely N-dealkylation sites (tertiary alicyclic amines) is 1. The van der Waals surface area contributed by atoms with Crippen LogP contribution in [0.3, 0.4) is 0 Å². The first-order chi connectivity index (χ1) is 14.2. The molecule has 1 aliphatic heterocycles. The van der Waals surface area contributed by atoms with Gasteiger partial charge in [0, 0.05) is 41.8 Å². The first kappa shape index (κ1) is 20.9. The Morgan fingerprint density at radius 2 is 2.03 bits per heavy atom. The van der Waals surface area contributed by atoms with E-state index in [1.165, 1.54) is 0 Å². The highest BCUT2D eigenvalue weighted by atomic mass is 35.5. The van der Waals surface area contributed by atoms with Crippen LogP contribution in [0.25, 0.3) is 22.3 Å². The summed E-state index contributed by atoms with van der Waals surface area (Å²) < 4.78 is 7.66. The molecule has 3 heterocycles. The Bertz CT molecular complexity index is 1090. The van der Waals surface area contributed by atoms with Crippen LogP contribution in [0, 0.1) is 5.92 Å². The third-order valence-electron chi connectivity index (χ3n) is 5.13. The minimum atomic E-state index is -0.503. The van der Waals surface area contributed by atoms with Gasteiger partial charge in [0.25, 0.3) is 0 Å². The van der Waals surface area contributed by atoms with E-state index in [4.69, 9.17) is 27.9 Å². The van der Waals surface area contributed by atoms with Gasteiger partial charge in [-0.15, -0.1) is 0 Å². The maximum Gasteiger partial charge on any atom is 0.410 e. The summed E-state index contributed by atoms with van der Waals surface area (Å²) >= 11 is 12.6. The molecule has 0 radical (unpaired) electrons. The second-order valence-electron chi connectivity index (χ2n) is 8.62. The molecule has 6 nitrogen and oxygen atoms in total. The van der Waals surface area contributed by atoms with E-state index in [1.807, 2.05) is 51.1 Å². The number of ether oxygens (including phenoxy) is 1. The van der Waals surface area contributed by atoms with Gasteiger partial charge in [0.2, 0.25) is 5.28 Å². The standard InChI is InChI=1S/C22H24Cl2N4O2/c1-22(2,3)30-21(29)27-9-8-14(12-27)13-28-18(16-6-4-5-7-17(16)23)10-15-11-25-20(24)26-19(15)28/h4-7,10-11,14H,8-9,12-13H2,1-3H3/t14-/m1/s1. The van der Waals surface area contributed by atoms with Gasteiger partial charge in [-0.05, 0) is 56.8 Å². The Kier molecular flexibility index (Phi) is 5.64. The number of rotatable bonds is 3. The molecule has 4 rings (SSSR count). The maximum absolute atomic E-state index is 12.4. The van der Waals surface area contributed by atoms with Gasteiger partial charge < -0.3 is 14.2 Å². The lowest BCUT2D eigenvalue weighted by molar-refractivity contribution is 0.0287. The molecule has 0 bridgehead atoms. The molecule has 1 saturated heterocycles. The number of aromatic nitrogens is 3. The predicted octanol–water partition coefficient (Wildman–Crippen LogP) is 5.66. The Labute approximate surface area is 185 Å². The van der Waals surface area contributed by atoms with Crippen molar-refractivity contribution in [3.8, 4) is 11.3 Å². The number of amides is 1. The first-order valence-electron chi connectivity index (χ1n) is 9.96. The quantitative estimate of drug-likeness (QED) is 0.486. The van der Waals surface area contributed by atoms with Crippen molar-refractivity contribution in [3.63, 3.8) is 0 Å². The fraction of sp³-hybridized carbons (Fsp3) is 0.409. The van der Waals surface area contributed by atoms with Crippen molar-refractivity contribution in [2.45, 2.75) is 39.3 Å². The second-order valence-corrected chi connectivity index (χ2v) is 9.36. The molecular formula is C22H24Cl2N4O2. The van der Waals surface area contributed by atoms with Crippen molar-refractivity contribution < 1.29 is 9.53 Å². The second kappa shape index (κ2) is 8.08. The minimum Gasteiger partial charge on any atom is -0.444 e. The van der Waals surface area contributed by atoms with Crippen molar-refractivity contribution in [1.82, 2.24) is 19.4 Å². The average molecular weight is 447 g/mol. The SMILES string of the molecule is CC(C)(C)OC(=O)N1CC[C@@H](Cn2c(-c3ccccc3Cl)cc3cnc(Cl)nc32)C1. The van der Waals surface area contributed by atoms with E-state index in [0.717, 1.165) is 28.7 Å². The lowest BCUT2D eigenvalue weighted by Gasteiger charge is -2.24. The van der Waals surface area contributed by atoms with Gasteiger partial charge in [0.05, 0.1) is 5.69 Å². The minimum absolute atomic E-state index is 0.203. The zero-order valence-corrected chi connectivity index (χ0v) is 18.7. The van der Waals surface area contributed by atoms with Crippen LogP contribution >= 0.6 is 23.2 Å². The zero-order valence-electron chi connectivity index (χ0n) is 17.2. The normalized spacial score (nSPS) is 17.0. The van der Waals surface area contributed by atoms with Gasteiger partial charge >= 0.3 is 6.09 Å². The Balaban J connectivity index is 1.64. The molecule has 0 spiro atoms. The smallest absolute Gasteiger partial charge is 0.410 e. The first-order valence-corrected chi connectivity index (χ1v) is 10.7. The van der Waals surface area contributed by atoms with Gasteiger partial charge in [-0.1, -0.05) is 29.8 Å². The molecule has 2 aromatic heterocycles. The lowest BCUT2D eigenvalue weighted by atomic mass is 10.1. The summed E-state index contributed by atoms with van der Waals surface area (Å²) in [6.07, 6.45) is 2.35. The highest BCUT2D eigenvalue weighted by Gasteiger charge is 2.31. The molecule has 0 unspecified atom stereocenters. The summed E-state index contributed by atoms with van der Waals surface area (Å²) in [5.74, 6) is 0.267. The molecule has 1 atom stereocenters. The summed E-state index contributed by atoms with van der Waals surface area (Å²) in [4.78, 5) is 22.8. The van der Waals surface area contributed by atoms with Gasteiger partial charge in [-0.3, -0.25) is 0 Å². The van der Waals surface area contributed by atoms with Crippen molar-refractivity contribution in [2.24, 2.45) is 5.92 Å². The van der Waals surface area contributed by atoms with E-state index in [1.54, 1.807) is 11.1 Å². The largest absolute Gasteiger partial charge is 0.444 e. The fourth-order valence-electron chi connectivity index (χ4n) is 3.83. The summed E-state index contributed by atoms with van der Waals surface area (Å²) in [5.41, 5.74) is 2.15. The number of halogens is 2. The Morgan fingerprint density at radius 1 is 1.27 bits per heavy atom. The van der Waals surface area contributed by atoms with Crippen molar-refractivity contribution >= 4 is 40.3 Å². The van der Waals surface area contributed by atoms with Gasteiger partial charge in [-0.2, -0.15) is 4.98 Å². The molecule has 1 fully saturated rings. The number of benzene rings is 1. The van der Waals surface area contributed by atoms with Crippen LogP contribution < -0.4 is 0 Å². The van der Waals surface area contributed by atoms with Crippen LogP contribution in [0.4, 0.5) is 4.79 Å². The third-order valence-corrected chi connectivity index (χ3v) is 5.65. The fourth-order valence-corrected chi connectivity index (χ4v) is 4.19. The summed E-state index contributed by atoms with van der Waals surface area (Å²) in [5, 5.41) is 1.77. The Morgan fingerprint density at radius 3 is 2.77 bits per heavy atom. The molecule has 0 N–H and O–H groups in total. The molecule has 8 heteroatoms. The van der Waals surface area contributed by atoms with Gasteiger partial charge in [0.15, 0.2) is 0 Å². The third kappa shape index (κ3) is 4.40. The predicted molar refractivity (Wildman–Crippen MR) is 119 cm³/mol. The highest BCUT2D eigenvalue weighted by Crippen LogP contribution is 2.34. The van der Waals surface area contributed by atoms with E-state index < -0.39 is 5.60 Å². The monoisotopic (exact) mass is 446 g/mol. The van der Waals surface area contributed by atoms with Crippen LogP contribution in [0.15, 0.2) is 36.5 Å². The molecular weight excluding hydrogens is 423 g/mol. The van der Waals surface area contributed by atoms with Crippen molar-refractivity contribution in [3.05, 3.63) is 46.8 Å². The van der Waals surface area contributed by atoms with Crippen LogP contribution in [0.5, 0.6) is 0 Å². The number of nitrogens with zero attached hydrogens (tertiary/aromatic N) is 4. The van der Waals surface area contributed by atoms with E-state index in [0.29, 0.717) is 24.7 Å². The summed E-state index contributed by atoms with van der Waals surface area (Å²) in [7, 11) is 0. The number of carbonyl (C=O) groups is 1. The van der Waals surface area contributed by atoms with E-state index >= 15 is 0 Å². The zero-order chi connectivity index (χ0) is 21.5. The summed E-state index contributed by atoms with van der Waals surface area (Å²) in [6.45, 7) is 7.64. The molecule has 0 aliphatic carbocycles. The lowest BCUT2D eigenvalue weighted by Crippen LogP contribution is -2.35. The molecule has 1 amide bonds. The van der Waals surface area contributed by atoms with Gasteiger partial charge in [0.1, 0.15) is 11.2 Å². The van der Waals surface area contributed by atoms with Crippen LogP contribution in [0.2, 0.25) is 10.3 Å². The molecule has 0 saturated carbocycles. The number of hydrogen-bond donors (Lipinski definition) is 0. The number of carbonyl (C=O) groups excluding carboxylic acids is 1. The molecule has 3 aromatic rings. The Hall–Kier alpha value is -2.31. The number of fused-ring (bicyclic) bond motifs is 1. The average Bonchev–Trinajstić information content (AvgIpc) is 3.27. The summed E-state index contributed by atoms with van der Waals surface area (Å²) in [6, 6.07) is 9.77. The highest BCUT2D eigenvalue weighted by molar-refractivity contribution is 6.33. The number of hydrogen-bond acceptors (Lipinski definition) is 4. The topological polar surface area (TPSA) is 60.2 Å².